The summed E-state index contributed by atoms with van der Waals surface area (Å²) >= 11 is 0. The first kappa shape index (κ1) is 13.1. The summed E-state index contributed by atoms with van der Waals surface area (Å²) in [6.07, 6.45) is 3.95. The molecule has 2 rings (SSSR count). The second-order valence-corrected chi connectivity index (χ2v) is 6.41. The van der Waals surface area contributed by atoms with E-state index in [1.165, 1.54) is 16.6 Å². The van der Waals surface area contributed by atoms with E-state index in [0.717, 1.165) is 19.3 Å². The lowest BCUT2D eigenvalue weighted by molar-refractivity contribution is 0.0691. The van der Waals surface area contributed by atoms with E-state index in [2.05, 4.69) is 4.98 Å². The number of carboxylic acid groups (broad SMARTS) is 1. The van der Waals surface area contributed by atoms with Crippen LogP contribution in [0.5, 0.6) is 0 Å². The minimum atomic E-state index is -3.59. The summed E-state index contributed by atoms with van der Waals surface area (Å²) < 4.78 is 26.1. The third-order valence-electron chi connectivity index (χ3n) is 3.24. The lowest BCUT2D eigenvalue weighted by Crippen LogP contribution is -2.41. The first-order valence-electron chi connectivity index (χ1n) is 5.86. The highest BCUT2D eigenvalue weighted by Gasteiger charge is 2.31. The van der Waals surface area contributed by atoms with Crippen molar-refractivity contribution < 1.29 is 18.3 Å². The van der Waals surface area contributed by atoms with E-state index in [1.54, 1.807) is 0 Å². The number of piperidine rings is 1. The van der Waals surface area contributed by atoms with Gasteiger partial charge in [0.2, 0.25) is 10.0 Å². The highest BCUT2D eigenvalue weighted by molar-refractivity contribution is 7.89. The van der Waals surface area contributed by atoms with Gasteiger partial charge in [-0.05, 0) is 25.8 Å². The molecule has 2 N–H and O–H groups in total. The molecule has 0 saturated carbocycles. The van der Waals surface area contributed by atoms with Crippen LogP contribution >= 0.6 is 0 Å². The van der Waals surface area contributed by atoms with E-state index in [1.807, 2.05) is 6.92 Å². The number of aromatic amines is 1. The number of nitrogens with one attached hydrogen (secondary N) is 1. The molecule has 18 heavy (non-hydrogen) atoms. The number of aromatic nitrogens is 1. The van der Waals surface area contributed by atoms with E-state index in [-0.39, 0.29) is 16.6 Å². The van der Waals surface area contributed by atoms with Gasteiger partial charge in [-0.25, -0.2) is 13.2 Å². The van der Waals surface area contributed by atoms with Gasteiger partial charge in [0.15, 0.2) is 0 Å². The van der Waals surface area contributed by atoms with Gasteiger partial charge in [-0.15, -0.1) is 0 Å². The molecule has 7 heteroatoms. The predicted octanol–water partition coefficient (Wildman–Crippen LogP) is 1.28. The fourth-order valence-corrected chi connectivity index (χ4v) is 3.91. The van der Waals surface area contributed by atoms with Gasteiger partial charge in [0.05, 0.1) is 0 Å². The number of sulfonamides is 1. The molecule has 1 aliphatic rings. The van der Waals surface area contributed by atoms with Crippen LogP contribution in [0.1, 0.15) is 36.7 Å². The van der Waals surface area contributed by atoms with Crippen LogP contribution in [0.4, 0.5) is 0 Å². The summed E-state index contributed by atoms with van der Waals surface area (Å²) in [5.41, 5.74) is -0.113. The molecule has 0 aromatic carbocycles. The van der Waals surface area contributed by atoms with Crippen LogP contribution in [0.15, 0.2) is 17.2 Å². The topological polar surface area (TPSA) is 90.5 Å². The van der Waals surface area contributed by atoms with Gasteiger partial charge in [-0.1, -0.05) is 6.42 Å². The van der Waals surface area contributed by atoms with Crippen LogP contribution < -0.4 is 0 Å². The van der Waals surface area contributed by atoms with Crippen molar-refractivity contribution in [1.29, 1.82) is 0 Å². The lowest BCUT2D eigenvalue weighted by Gasteiger charge is -2.31. The first-order chi connectivity index (χ1) is 8.43. The normalized spacial score (nSPS) is 21.9. The van der Waals surface area contributed by atoms with Crippen LogP contribution in [0.3, 0.4) is 0 Å². The van der Waals surface area contributed by atoms with Crippen molar-refractivity contribution >= 4 is 16.0 Å². The van der Waals surface area contributed by atoms with Gasteiger partial charge in [0, 0.05) is 18.8 Å². The Morgan fingerprint density at radius 1 is 1.50 bits per heavy atom. The summed E-state index contributed by atoms with van der Waals surface area (Å²) in [4.78, 5) is 13.2. The maximum absolute atomic E-state index is 12.3. The first-order valence-corrected chi connectivity index (χ1v) is 7.30. The van der Waals surface area contributed by atoms with Crippen molar-refractivity contribution in [3.8, 4) is 0 Å². The average molecular weight is 272 g/mol. The summed E-state index contributed by atoms with van der Waals surface area (Å²) in [5.74, 6) is -1.16. The fourth-order valence-electron chi connectivity index (χ4n) is 2.21. The molecule has 1 aliphatic heterocycles. The quantitative estimate of drug-likeness (QED) is 0.867. The van der Waals surface area contributed by atoms with Crippen LogP contribution in [0.25, 0.3) is 0 Å². The standard InChI is InChI=1S/C11H16N2O4S/c1-8-4-2-3-5-13(8)18(16,17)9-6-10(11(14)15)12-7-9/h6-8,12H,2-5H2,1H3,(H,14,15). The van der Waals surface area contributed by atoms with Crippen LogP contribution in [0.2, 0.25) is 0 Å². The Kier molecular flexibility index (Phi) is 3.45. The van der Waals surface area contributed by atoms with E-state index in [4.69, 9.17) is 5.11 Å². The molecule has 6 nitrogen and oxygen atoms in total. The van der Waals surface area contributed by atoms with Gasteiger partial charge < -0.3 is 10.1 Å². The van der Waals surface area contributed by atoms with E-state index in [0.29, 0.717) is 6.54 Å². The summed E-state index contributed by atoms with van der Waals surface area (Å²) in [7, 11) is -3.59. The zero-order valence-corrected chi connectivity index (χ0v) is 10.9. The van der Waals surface area contributed by atoms with Crippen molar-refractivity contribution in [2.24, 2.45) is 0 Å². The highest BCUT2D eigenvalue weighted by Crippen LogP contribution is 2.25. The summed E-state index contributed by atoms with van der Waals surface area (Å²) in [5, 5.41) is 8.79. The van der Waals surface area contributed by atoms with Crippen molar-refractivity contribution in [1.82, 2.24) is 9.29 Å². The Balaban J connectivity index is 2.31. The number of nitrogens with zero attached hydrogens (tertiary/aromatic N) is 1. The smallest absolute Gasteiger partial charge is 0.352 e. The molecule has 0 radical (unpaired) electrons. The zero-order chi connectivity index (χ0) is 13.3. The predicted molar refractivity (Wildman–Crippen MR) is 65.0 cm³/mol. The molecule has 1 unspecified atom stereocenters. The Morgan fingerprint density at radius 2 is 2.22 bits per heavy atom. The molecule has 1 saturated heterocycles. The number of hydrogen-bond donors (Lipinski definition) is 2. The number of aromatic carboxylic acids is 1. The van der Waals surface area contributed by atoms with Gasteiger partial charge in [-0.2, -0.15) is 4.31 Å². The highest BCUT2D eigenvalue weighted by atomic mass is 32.2. The molecular weight excluding hydrogens is 256 g/mol. The SMILES string of the molecule is CC1CCCCN1S(=O)(=O)c1c[nH]c(C(=O)O)c1. The fraction of sp³-hybridized carbons (Fsp3) is 0.545. The number of hydrogen-bond acceptors (Lipinski definition) is 3. The third-order valence-corrected chi connectivity index (χ3v) is 5.23. The van der Waals surface area contributed by atoms with Crippen LogP contribution in [-0.2, 0) is 10.0 Å². The largest absolute Gasteiger partial charge is 0.477 e. The zero-order valence-electron chi connectivity index (χ0n) is 10.1. The molecule has 1 aromatic rings. The molecule has 1 fully saturated rings. The molecule has 0 amide bonds. The molecule has 0 spiro atoms. The Bertz CT molecular complexity index is 549. The summed E-state index contributed by atoms with van der Waals surface area (Å²) in [6.45, 7) is 2.37. The van der Waals surface area contributed by atoms with Gasteiger partial charge in [0.25, 0.3) is 0 Å². The average Bonchev–Trinajstić information content (AvgIpc) is 2.79. The van der Waals surface area contributed by atoms with E-state index >= 15 is 0 Å². The molecule has 0 aliphatic carbocycles. The summed E-state index contributed by atoms with van der Waals surface area (Å²) in [6, 6.07) is 1.13. The van der Waals surface area contributed by atoms with Crippen molar-refractivity contribution in [2.75, 3.05) is 6.54 Å². The molecule has 100 valence electrons. The number of H-pyrrole nitrogens is 1. The van der Waals surface area contributed by atoms with Crippen LogP contribution in [0, 0.1) is 0 Å². The third kappa shape index (κ3) is 2.28. The van der Waals surface area contributed by atoms with E-state index < -0.39 is 16.0 Å². The van der Waals surface area contributed by atoms with Crippen molar-refractivity contribution in [3.05, 3.63) is 18.0 Å². The van der Waals surface area contributed by atoms with Gasteiger partial charge >= 0.3 is 5.97 Å². The van der Waals surface area contributed by atoms with E-state index in [9.17, 15) is 13.2 Å². The molecule has 1 aromatic heterocycles. The van der Waals surface area contributed by atoms with Gasteiger partial charge in [-0.3, -0.25) is 0 Å². The van der Waals surface area contributed by atoms with Crippen LogP contribution in [-0.4, -0.2) is 41.4 Å². The Hall–Kier alpha value is -1.34. The maximum atomic E-state index is 12.3. The second kappa shape index (κ2) is 4.74. The molecular formula is C11H16N2O4S. The molecule has 0 bridgehead atoms. The number of carboxylic acids is 1. The van der Waals surface area contributed by atoms with Crippen molar-refractivity contribution in [3.63, 3.8) is 0 Å². The minimum Gasteiger partial charge on any atom is -0.477 e. The Labute approximate surface area is 106 Å². The molecule has 2 heterocycles. The monoisotopic (exact) mass is 272 g/mol. The number of rotatable bonds is 3. The van der Waals surface area contributed by atoms with Gasteiger partial charge in [0.1, 0.15) is 10.6 Å². The molecule has 1 atom stereocenters. The number of carbonyl (C=O) groups is 1. The Morgan fingerprint density at radius 3 is 2.78 bits per heavy atom. The maximum Gasteiger partial charge on any atom is 0.352 e. The lowest BCUT2D eigenvalue weighted by atomic mass is 10.1. The van der Waals surface area contributed by atoms with Crippen molar-refractivity contribution in [2.45, 2.75) is 37.1 Å². The minimum absolute atomic E-state index is 0.0219. The second-order valence-electron chi connectivity index (χ2n) is 4.51.